The van der Waals surface area contributed by atoms with Gasteiger partial charge in [0.1, 0.15) is 17.9 Å². The van der Waals surface area contributed by atoms with Crippen LogP contribution in [0.25, 0.3) is 30.6 Å². The van der Waals surface area contributed by atoms with Gasteiger partial charge in [0.15, 0.2) is 15.1 Å². The monoisotopic (exact) mass is 1980 g/mol. The number of carbonyl (C=O) groups is 3. The molecule has 4 heterocycles. The quantitative estimate of drug-likeness (QED) is 0.0297. The molecule has 2 fully saturated rings. The van der Waals surface area contributed by atoms with Crippen LogP contribution in [0, 0.1) is 47.8 Å². The van der Waals surface area contributed by atoms with Gasteiger partial charge in [-0.25, -0.2) is 57.0 Å². The van der Waals surface area contributed by atoms with Crippen molar-refractivity contribution in [2.75, 3.05) is 10.6 Å². The summed E-state index contributed by atoms with van der Waals surface area (Å²) in [5.74, 6) is 0.0300. The van der Waals surface area contributed by atoms with Crippen molar-refractivity contribution in [1.82, 2.24) is 9.97 Å². The van der Waals surface area contributed by atoms with Crippen molar-refractivity contribution in [3.05, 3.63) is 342 Å². The number of hydrogen-bond donors (Lipinski definition) is 6. The van der Waals surface area contributed by atoms with Crippen LogP contribution in [-0.2, 0) is 18.9 Å². The highest BCUT2D eigenvalue weighted by atomic mass is 79.9. The van der Waals surface area contributed by atoms with Gasteiger partial charge in [0.05, 0.1) is 76.4 Å². The van der Waals surface area contributed by atoms with E-state index in [4.69, 9.17) is 52.3 Å². The van der Waals surface area contributed by atoms with Crippen LogP contribution in [0.15, 0.2) is 296 Å². The molecule has 4 aromatic heterocycles. The van der Waals surface area contributed by atoms with E-state index in [1.54, 1.807) is 72.9 Å². The van der Waals surface area contributed by atoms with E-state index in [9.17, 15) is 57.2 Å². The molecule has 622 valence electrons. The van der Waals surface area contributed by atoms with E-state index in [-0.39, 0.29) is 39.9 Å². The lowest BCUT2D eigenvalue weighted by Gasteiger charge is -2.26. The summed E-state index contributed by atoms with van der Waals surface area (Å²) in [6, 6.07) is 87.2. The minimum absolute atomic E-state index is 0.143. The van der Waals surface area contributed by atoms with Crippen LogP contribution in [-0.4, -0.2) is 90.8 Å². The highest BCUT2D eigenvalue weighted by Gasteiger charge is 2.30. The maximum atomic E-state index is 12.5. The second kappa shape index (κ2) is 49.2. The Kier molecular flexibility index (Phi) is 39.6. The van der Waals surface area contributed by atoms with Gasteiger partial charge in [-0.3, -0.25) is 14.4 Å². The van der Waals surface area contributed by atoms with E-state index in [1.165, 1.54) is 53.1 Å². The number of sulfone groups is 1. The molecule has 9 aromatic carbocycles. The van der Waals surface area contributed by atoms with Crippen LogP contribution < -0.4 is 22.1 Å². The van der Waals surface area contributed by atoms with E-state index >= 15 is 0 Å². The average Bonchev–Trinajstić information content (AvgIpc) is 1.69. The normalized spacial score (nSPS) is 15.1. The Morgan fingerprint density at radius 1 is 0.496 bits per heavy atom. The minimum Gasteiger partial charge on any atom is -0.393 e. The third-order valence-electron chi connectivity index (χ3n) is 18.8. The number of anilines is 2. The van der Waals surface area contributed by atoms with Crippen LogP contribution >= 0.6 is 111 Å². The first-order valence-corrected chi connectivity index (χ1v) is 50.7. The van der Waals surface area contributed by atoms with Gasteiger partial charge in [-0.05, 0) is 175 Å². The van der Waals surface area contributed by atoms with Gasteiger partial charge in [-0.15, -0.1) is 22.7 Å². The molecule has 2 saturated carbocycles. The number of aliphatic hydroxyl groups excluding tert-OH is 2. The molecule has 0 radical (unpaired) electrons. The Labute approximate surface area is 759 Å². The van der Waals surface area contributed by atoms with Crippen molar-refractivity contribution in [2.24, 2.45) is 11.5 Å². The third kappa shape index (κ3) is 30.7. The Balaban J connectivity index is 0.000000185. The number of aliphatic hydroxyl groups is 2. The summed E-state index contributed by atoms with van der Waals surface area (Å²) in [5, 5.41) is 55.2. The van der Waals surface area contributed by atoms with Crippen LogP contribution in [0.5, 0.6) is 0 Å². The Bertz CT molecular complexity index is 5860. The minimum atomic E-state index is -3.68. The number of benzene rings is 9. The molecule has 0 bridgehead atoms. The first kappa shape index (κ1) is 97.3. The molecule has 15 rings (SSSR count). The molecule has 0 aliphatic heterocycles. The van der Waals surface area contributed by atoms with Gasteiger partial charge in [0, 0.05) is 65.3 Å². The number of carbonyl (C=O) groups excluding carboxylic acids is 3. The molecule has 2 amide bonds. The van der Waals surface area contributed by atoms with Gasteiger partial charge < -0.3 is 32.3 Å². The molecule has 2 aliphatic rings. The first-order valence-electron chi connectivity index (χ1n) is 37.6. The number of halogens is 7. The maximum Gasteiger partial charge on any atom is 0.643 e. The number of nitrogens with two attached hydrogens (primary N) is 2. The largest absolute Gasteiger partial charge is 0.643 e. The van der Waals surface area contributed by atoms with Crippen LogP contribution in [0.2, 0.25) is 0 Å². The SMILES string of the molecule is Brc1ccccc1.Cc1ccc(S(=O)(=O)C(C#N)c2ccccc2)cc1.Cc1ccc(S(=O)(=O)Cl)cc1.N#CC(c1ccccc1)c1ccc(-c2cc3c(NC4CCC(O)CC4)ncc(C(N)=O)c3s2)cc1.N#CC(c1ccccc1)c1ccc(Br)cc1.NC(=O)c1cnc(NC2CCC(O)CC2)c2cc(Br)sc12.O=Cc1ccccc1.[Cl][Al]([Cl])[Cl]. The highest BCUT2D eigenvalue weighted by Crippen LogP contribution is 2.41. The fraction of sp³-hybridized carbons (Fsp3) is 0.187. The predicted octanol–water partition coefficient (Wildman–Crippen LogP) is 23.0. The lowest BCUT2D eigenvalue weighted by atomic mass is 9.92. The molecule has 13 aromatic rings. The highest BCUT2D eigenvalue weighted by molar-refractivity contribution is 9.11. The van der Waals surface area contributed by atoms with Gasteiger partial charge >= 0.3 is 11.4 Å². The first-order chi connectivity index (χ1) is 58.0. The summed E-state index contributed by atoms with van der Waals surface area (Å²) < 4.78 is 51.1. The number of nitrogens with zero attached hydrogens (tertiary/aromatic N) is 5. The molecule has 18 nitrogen and oxygen atoms in total. The molecular formula is C91H83AlBr3Cl4N9O9S4. The van der Waals surface area contributed by atoms with Gasteiger partial charge in [-0.1, -0.05) is 243 Å². The van der Waals surface area contributed by atoms with Gasteiger partial charge in [0.25, 0.3) is 20.9 Å². The Morgan fingerprint density at radius 2 is 0.851 bits per heavy atom. The summed E-state index contributed by atoms with van der Waals surface area (Å²) in [6.45, 7) is 3.76. The summed E-state index contributed by atoms with van der Waals surface area (Å²) in [4.78, 5) is 43.8. The molecule has 8 N–H and O–H groups in total. The lowest BCUT2D eigenvalue weighted by Crippen LogP contribution is -2.28. The number of hydrogen-bond acceptors (Lipinski definition) is 18. The van der Waals surface area contributed by atoms with E-state index < -0.39 is 47.3 Å². The van der Waals surface area contributed by atoms with E-state index in [0.717, 1.165) is 152 Å². The Hall–Kier alpha value is -9.17. The zero-order valence-electron chi connectivity index (χ0n) is 65.3. The van der Waals surface area contributed by atoms with Crippen molar-refractivity contribution in [2.45, 2.75) is 116 Å². The van der Waals surface area contributed by atoms with Crippen molar-refractivity contribution in [3.8, 4) is 28.6 Å². The number of rotatable bonds is 16. The van der Waals surface area contributed by atoms with Gasteiger partial charge in [-0.2, -0.15) is 15.8 Å². The number of nitriles is 3. The molecule has 0 spiro atoms. The number of fused-ring (bicyclic) bond motifs is 2. The molecule has 3 atom stereocenters. The zero-order valence-corrected chi connectivity index (χ0v) is 77.5. The van der Waals surface area contributed by atoms with Crippen LogP contribution in [0.3, 0.4) is 0 Å². The molecule has 2 aliphatic carbocycles. The second-order valence-corrected chi connectivity index (χ2v) is 43.8. The van der Waals surface area contributed by atoms with E-state index in [2.05, 4.69) is 80.5 Å². The number of amides is 2. The van der Waals surface area contributed by atoms with Crippen molar-refractivity contribution >= 4 is 191 Å². The lowest BCUT2D eigenvalue weighted by molar-refractivity contribution is 0.0993. The Morgan fingerprint density at radius 3 is 1.21 bits per heavy atom. The molecule has 0 saturated heterocycles. The molecular weight excluding hydrogens is 1900 g/mol. The molecule has 121 heavy (non-hydrogen) atoms. The van der Waals surface area contributed by atoms with Crippen LogP contribution in [0.4, 0.5) is 11.6 Å². The van der Waals surface area contributed by atoms with Crippen molar-refractivity contribution in [3.63, 3.8) is 0 Å². The summed E-state index contributed by atoms with van der Waals surface area (Å²) in [7, 11) is 12.7. The van der Waals surface area contributed by atoms with Gasteiger partial charge in [0.2, 0.25) is 0 Å². The number of pyridine rings is 2. The molecule has 30 heteroatoms. The summed E-state index contributed by atoms with van der Waals surface area (Å²) >= 11 is 11.4. The van der Waals surface area contributed by atoms with Crippen molar-refractivity contribution in [1.29, 1.82) is 15.8 Å². The molecule has 3 unspecified atom stereocenters. The second-order valence-electron chi connectivity index (χ2n) is 27.4. The standard InChI is InChI=1S/C28H26N4O2S.C15H13NO2S.C14H16BrN3O2S.C14H10BrN.C7H7ClO2S.C7H6O.C6H5Br.Al.3ClH/c29-15-23(17-4-2-1-3-5-17)18-6-8-19(9-7-18)25-14-22-26(35-25)24(27(30)34)16-31-28(22)32-20-10-12-21(33)13-11-20;1-12-7-9-14(10-8-12)19(17,18)15(11-16)13-5-3-2-4-6-13;15-11-5-9-12(21-11)10(13(16)20)6-17-14(9)18-7-1-3-8(19)4-2-7;15-13-8-6-12(7-9-13)14(10-16)11-4-2-1-3-5-11;1-6-2-4-7(5-3-6)11(8,9)10;8-6-7-4-2-1-3-5-7;7-6-4-2-1-3-5-6;;;;/h1-9,14,16,20-21,23,33H,10-13H2,(H2,30,34)(H,31,32);2-10,15H,1H3;5-8,19H,1-4H2,(H2,16,20)(H,17,18);1-9,14H;2-5H,1H3;1-6H;1-5H;;3*1H/q;;;;;;;+3;;;/p-3. The number of aryl methyl sites for hydroxylation is 2. The fourth-order valence-electron chi connectivity index (χ4n) is 12.5. The average molecular weight is 1980 g/mol. The zero-order chi connectivity index (χ0) is 87.6. The van der Waals surface area contributed by atoms with Crippen molar-refractivity contribution < 1.29 is 41.4 Å². The number of nitrogens with one attached hydrogen (secondary N) is 2. The summed E-state index contributed by atoms with van der Waals surface area (Å²) in [5.41, 5.74) is 20.1. The van der Waals surface area contributed by atoms with E-state index in [1.807, 2.05) is 190 Å². The number of aromatic nitrogens is 2. The smallest absolute Gasteiger partial charge is 0.393 e. The number of primary amides is 2. The maximum absolute atomic E-state index is 12.5. The predicted molar refractivity (Wildman–Crippen MR) is 502 cm³/mol. The number of aldehydes is 1. The van der Waals surface area contributed by atoms with E-state index in [0.29, 0.717) is 22.7 Å². The third-order valence-corrected chi connectivity index (χ3v) is 26.0. The fourth-order valence-corrected chi connectivity index (χ4v) is 18.1. The summed E-state index contributed by atoms with van der Waals surface area (Å²) in [6.07, 6.45) is 10.3. The topological polar surface area (TPSA) is 333 Å². The number of thiophene rings is 2. The van der Waals surface area contributed by atoms with Crippen LogP contribution in [0.1, 0.15) is 138 Å².